The number of aromatic amines is 1. The van der Waals surface area contributed by atoms with E-state index in [1.807, 2.05) is 91.0 Å². The Bertz CT molecular complexity index is 1100. The summed E-state index contributed by atoms with van der Waals surface area (Å²) in [4.78, 5) is 20.4. The summed E-state index contributed by atoms with van der Waals surface area (Å²) in [5.41, 5.74) is 2.56. The molecule has 4 nitrogen and oxygen atoms in total. The Morgan fingerprint density at radius 1 is 0.833 bits per heavy atom. The summed E-state index contributed by atoms with van der Waals surface area (Å²) in [6.45, 7) is 0. The number of ketones is 1. The van der Waals surface area contributed by atoms with Crippen molar-refractivity contribution < 1.29 is 9.00 Å². The van der Waals surface area contributed by atoms with Gasteiger partial charge in [-0.15, -0.1) is 0 Å². The summed E-state index contributed by atoms with van der Waals surface area (Å²) in [7, 11) is -1.46. The number of hydrogen-bond acceptors (Lipinski definition) is 3. The van der Waals surface area contributed by atoms with Gasteiger partial charge in [-0.25, -0.2) is 4.98 Å². The van der Waals surface area contributed by atoms with Crippen LogP contribution in [-0.4, -0.2) is 20.0 Å². The lowest BCUT2D eigenvalue weighted by Gasteiger charge is -2.26. The largest absolute Gasteiger partial charge is 0.338 e. The van der Waals surface area contributed by atoms with Crippen molar-refractivity contribution in [1.82, 2.24) is 9.97 Å². The number of benzene rings is 3. The number of hydrogen-bond donors (Lipinski definition) is 1. The van der Waals surface area contributed by atoms with Crippen LogP contribution in [0, 0.1) is 0 Å². The van der Waals surface area contributed by atoms with Gasteiger partial charge in [0.25, 0.3) is 0 Å². The van der Waals surface area contributed by atoms with Crippen LogP contribution in [0.3, 0.4) is 0 Å². The number of rotatable bonds is 8. The second-order valence-corrected chi connectivity index (χ2v) is 8.52. The fraction of sp³-hybridized carbons (Fsp3) is 0.120. The number of imidazole rings is 1. The number of carbonyl (C=O) groups excluding carboxylic acids is 1. The summed E-state index contributed by atoms with van der Waals surface area (Å²) >= 11 is 0. The quantitative estimate of drug-likeness (QED) is 0.397. The molecule has 3 aromatic carbocycles. The molecule has 1 N–H and O–H groups in total. The average Bonchev–Trinajstić information content (AvgIpc) is 3.35. The van der Waals surface area contributed by atoms with E-state index in [0.29, 0.717) is 10.7 Å². The molecule has 0 fully saturated rings. The zero-order valence-electron chi connectivity index (χ0n) is 16.3. The van der Waals surface area contributed by atoms with Crippen molar-refractivity contribution in [2.75, 3.05) is 0 Å². The standard InChI is InChI=1S/C25H22N2O2S/c28-23(20-12-6-2-7-13-20)18-22(19-10-4-1-5-11-19)24(21-14-8-3-9-15-21)30(29)25-26-16-17-27-25/h1-17,22,24H,18H2,(H,26,27)/t22-,24+,30?/m1/s1. The van der Waals surface area contributed by atoms with Gasteiger partial charge in [-0.3, -0.25) is 9.00 Å². The van der Waals surface area contributed by atoms with Crippen molar-refractivity contribution >= 4 is 16.6 Å². The van der Waals surface area contributed by atoms with E-state index in [-0.39, 0.29) is 18.1 Å². The van der Waals surface area contributed by atoms with Crippen LogP contribution in [0.2, 0.25) is 0 Å². The highest BCUT2D eigenvalue weighted by Gasteiger charge is 2.33. The molecule has 0 aliphatic carbocycles. The molecule has 30 heavy (non-hydrogen) atoms. The first-order chi connectivity index (χ1) is 14.7. The van der Waals surface area contributed by atoms with Gasteiger partial charge in [0.1, 0.15) is 0 Å². The predicted octanol–water partition coefficient (Wildman–Crippen LogP) is 5.32. The fourth-order valence-electron chi connectivity index (χ4n) is 3.67. The van der Waals surface area contributed by atoms with E-state index in [2.05, 4.69) is 9.97 Å². The van der Waals surface area contributed by atoms with Crippen LogP contribution in [0.1, 0.15) is 39.1 Å². The molecule has 4 rings (SSSR count). The average molecular weight is 415 g/mol. The third-order valence-electron chi connectivity index (χ3n) is 5.12. The van der Waals surface area contributed by atoms with Crippen molar-refractivity contribution in [3.63, 3.8) is 0 Å². The molecule has 0 amide bonds. The first kappa shape index (κ1) is 20.0. The fourth-order valence-corrected chi connectivity index (χ4v) is 5.22. The maximum atomic E-state index is 13.6. The van der Waals surface area contributed by atoms with Crippen LogP contribution in [0.15, 0.2) is 109 Å². The molecule has 150 valence electrons. The molecule has 1 unspecified atom stereocenters. The van der Waals surface area contributed by atoms with E-state index in [9.17, 15) is 9.00 Å². The highest BCUT2D eigenvalue weighted by molar-refractivity contribution is 7.85. The zero-order valence-corrected chi connectivity index (χ0v) is 17.2. The van der Waals surface area contributed by atoms with Crippen LogP contribution < -0.4 is 0 Å². The van der Waals surface area contributed by atoms with Crippen LogP contribution in [0.5, 0.6) is 0 Å². The van der Waals surface area contributed by atoms with Crippen molar-refractivity contribution in [3.05, 3.63) is 120 Å². The van der Waals surface area contributed by atoms with Gasteiger partial charge >= 0.3 is 0 Å². The van der Waals surface area contributed by atoms with Crippen molar-refractivity contribution in [2.24, 2.45) is 0 Å². The lowest BCUT2D eigenvalue weighted by atomic mass is 9.86. The van der Waals surface area contributed by atoms with Gasteiger partial charge in [0.15, 0.2) is 10.9 Å². The van der Waals surface area contributed by atoms with Gasteiger partial charge in [-0.2, -0.15) is 0 Å². The number of Topliss-reactive ketones (excluding diaryl/α,β-unsaturated/α-hetero) is 1. The van der Waals surface area contributed by atoms with Crippen molar-refractivity contribution in [1.29, 1.82) is 0 Å². The molecule has 0 radical (unpaired) electrons. The SMILES string of the molecule is O=C(C[C@H](c1ccccc1)[C@H](c1ccccc1)S(=O)c1ncc[nH]1)c1ccccc1. The molecule has 0 aliphatic rings. The van der Waals surface area contributed by atoms with Gasteiger partial charge in [-0.05, 0) is 11.1 Å². The van der Waals surface area contributed by atoms with Crippen molar-refractivity contribution in [2.45, 2.75) is 22.7 Å². The van der Waals surface area contributed by atoms with E-state index in [1.165, 1.54) is 0 Å². The van der Waals surface area contributed by atoms with Gasteiger partial charge in [-0.1, -0.05) is 91.0 Å². The Morgan fingerprint density at radius 2 is 1.40 bits per heavy atom. The molecule has 0 spiro atoms. The second-order valence-electron chi connectivity index (χ2n) is 7.03. The first-order valence-electron chi connectivity index (χ1n) is 9.82. The first-order valence-corrected chi connectivity index (χ1v) is 11.0. The Labute approximate surface area is 178 Å². The molecule has 1 heterocycles. The maximum Gasteiger partial charge on any atom is 0.196 e. The minimum atomic E-state index is -1.46. The van der Waals surface area contributed by atoms with E-state index in [4.69, 9.17) is 0 Å². The number of H-pyrrole nitrogens is 1. The summed E-state index contributed by atoms with van der Waals surface area (Å²) in [5.74, 6) is -0.242. The summed E-state index contributed by atoms with van der Waals surface area (Å²) < 4.78 is 13.6. The minimum Gasteiger partial charge on any atom is -0.338 e. The number of nitrogens with zero attached hydrogens (tertiary/aromatic N) is 1. The van der Waals surface area contributed by atoms with Crippen LogP contribution in [0.4, 0.5) is 0 Å². The molecular weight excluding hydrogens is 392 g/mol. The van der Waals surface area contributed by atoms with Gasteiger partial charge in [0, 0.05) is 30.3 Å². The number of aromatic nitrogens is 2. The lowest BCUT2D eigenvalue weighted by Crippen LogP contribution is -2.20. The maximum absolute atomic E-state index is 13.6. The normalized spacial score (nSPS) is 14.0. The minimum absolute atomic E-state index is 0.0295. The molecule has 0 saturated heterocycles. The van der Waals surface area contributed by atoms with Crippen LogP contribution in [0.25, 0.3) is 0 Å². The molecule has 1 aromatic heterocycles. The molecule has 0 saturated carbocycles. The predicted molar refractivity (Wildman–Crippen MR) is 119 cm³/mol. The van der Waals surface area contributed by atoms with Crippen LogP contribution in [-0.2, 0) is 10.8 Å². The number of nitrogens with one attached hydrogen (secondary N) is 1. The Kier molecular flexibility index (Phi) is 6.30. The topological polar surface area (TPSA) is 62.8 Å². The molecule has 0 aliphatic heterocycles. The van der Waals surface area contributed by atoms with E-state index in [1.54, 1.807) is 12.4 Å². The Balaban J connectivity index is 1.79. The van der Waals surface area contributed by atoms with Gasteiger partial charge < -0.3 is 4.98 Å². The Morgan fingerprint density at radius 3 is 1.97 bits per heavy atom. The molecule has 3 atom stereocenters. The molecular formula is C25H22N2O2S. The van der Waals surface area contributed by atoms with E-state index < -0.39 is 16.0 Å². The molecule has 0 bridgehead atoms. The van der Waals surface area contributed by atoms with E-state index in [0.717, 1.165) is 11.1 Å². The van der Waals surface area contributed by atoms with Crippen molar-refractivity contribution in [3.8, 4) is 0 Å². The van der Waals surface area contributed by atoms with E-state index >= 15 is 0 Å². The number of carbonyl (C=O) groups is 1. The highest BCUT2D eigenvalue weighted by atomic mass is 32.2. The van der Waals surface area contributed by atoms with Gasteiger partial charge in [0.05, 0.1) is 16.0 Å². The monoisotopic (exact) mass is 414 g/mol. The summed E-state index contributed by atoms with van der Waals surface area (Å²) in [6, 6.07) is 28.8. The third-order valence-corrected chi connectivity index (χ3v) is 6.78. The lowest BCUT2D eigenvalue weighted by molar-refractivity contribution is 0.0973. The highest BCUT2D eigenvalue weighted by Crippen LogP contribution is 2.40. The summed E-state index contributed by atoms with van der Waals surface area (Å²) in [6.07, 6.45) is 3.52. The van der Waals surface area contributed by atoms with Crippen LogP contribution >= 0.6 is 0 Å². The second kappa shape index (κ2) is 9.46. The zero-order chi connectivity index (χ0) is 20.8. The van der Waals surface area contributed by atoms with Gasteiger partial charge in [0.2, 0.25) is 0 Å². The smallest absolute Gasteiger partial charge is 0.196 e. The summed E-state index contributed by atoms with van der Waals surface area (Å²) in [5, 5.41) is -0.00986. The Hall–Kier alpha value is -3.31. The third kappa shape index (κ3) is 4.47. The molecule has 5 heteroatoms. The molecule has 4 aromatic rings.